The van der Waals surface area contributed by atoms with Crippen molar-refractivity contribution >= 4 is 5.91 Å². The van der Waals surface area contributed by atoms with E-state index in [9.17, 15) is 9.18 Å². The average Bonchev–Trinajstić information content (AvgIpc) is 2.55. The van der Waals surface area contributed by atoms with E-state index in [0.29, 0.717) is 18.7 Å². The van der Waals surface area contributed by atoms with Crippen molar-refractivity contribution in [3.63, 3.8) is 0 Å². The van der Waals surface area contributed by atoms with Gasteiger partial charge >= 0.3 is 0 Å². The van der Waals surface area contributed by atoms with Crippen LogP contribution in [0.1, 0.15) is 15.9 Å². The first-order valence-electron chi connectivity index (χ1n) is 6.88. The van der Waals surface area contributed by atoms with Gasteiger partial charge in [0.05, 0.1) is 19.8 Å². The molecular weight excluding hydrogens is 285 g/mol. The van der Waals surface area contributed by atoms with E-state index in [2.05, 4.69) is 5.32 Å². The van der Waals surface area contributed by atoms with Crippen LogP contribution in [0.5, 0.6) is 11.5 Å². The number of nitrogens with one attached hydrogen (secondary N) is 1. The number of halogens is 1. The minimum atomic E-state index is -0.471. The first-order valence-corrected chi connectivity index (χ1v) is 6.88. The third-order valence-electron chi connectivity index (χ3n) is 3.26. The molecule has 2 aromatic rings. The summed E-state index contributed by atoms with van der Waals surface area (Å²) in [5.74, 6) is 0.312. The lowest BCUT2D eigenvalue weighted by Crippen LogP contribution is -2.26. The van der Waals surface area contributed by atoms with Crippen LogP contribution in [-0.2, 0) is 6.42 Å². The summed E-state index contributed by atoms with van der Waals surface area (Å²) in [6, 6.07) is 11.5. The number of benzene rings is 2. The number of amides is 1. The third-order valence-corrected chi connectivity index (χ3v) is 3.26. The number of ether oxygens (including phenoxy) is 2. The van der Waals surface area contributed by atoms with Crippen LogP contribution >= 0.6 is 0 Å². The summed E-state index contributed by atoms with van der Waals surface area (Å²) in [5, 5.41) is 2.76. The zero-order chi connectivity index (χ0) is 15.9. The van der Waals surface area contributed by atoms with Gasteiger partial charge in [-0.1, -0.05) is 12.1 Å². The van der Waals surface area contributed by atoms with Crippen LogP contribution in [0.15, 0.2) is 42.5 Å². The standard InChI is InChI=1S/C17H18FNO3/c1-21-14-6-3-12(4-7-14)9-10-19-17(20)15-11-13(18)5-8-16(15)22-2/h3-8,11H,9-10H2,1-2H3,(H,19,20). The molecule has 0 saturated carbocycles. The van der Waals surface area contributed by atoms with Crippen molar-refractivity contribution in [2.24, 2.45) is 0 Å². The van der Waals surface area contributed by atoms with Gasteiger partial charge in [0.25, 0.3) is 5.91 Å². The smallest absolute Gasteiger partial charge is 0.255 e. The highest BCUT2D eigenvalue weighted by molar-refractivity contribution is 5.96. The summed E-state index contributed by atoms with van der Waals surface area (Å²) < 4.78 is 23.4. The van der Waals surface area contributed by atoms with Crippen LogP contribution in [0.25, 0.3) is 0 Å². The molecule has 0 bridgehead atoms. The van der Waals surface area contributed by atoms with Gasteiger partial charge in [0.15, 0.2) is 0 Å². The quantitative estimate of drug-likeness (QED) is 0.892. The van der Waals surface area contributed by atoms with Crippen molar-refractivity contribution in [3.05, 3.63) is 59.4 Å². The van der Waals surface area contributed by atoms with Crippen molar-refractivity contribution in [1.82, 2.24) is 5.32 Å². The summed E-state index contributed by atoms with van der Waals surface area (Å²) >= 11 is 0. The lowest BCUT2D eigenvalue weighted by Gasteiger charge is -2.09. The molecule has 5 heteroatoms. The number of methoxy groups -OCH3 is 2. The second-order valence-corrected chi connectivity index (χ2v) is 4.70. The summed E-state index contributed by atoms with van der Waals surface area (Å²) in [5.41, 5.74) is 1.27. The van der Waals surface area contributed by atoms with Crippen LogP contribution in [-0.4, -0.2) is 26.7 Å². The Morgan fingerprint density at radius 1 is 1.09 bits per heavy atom. The van der Waals surface area contributed by atoms with Crippen LogP contribution in [0.4, 0.5) is 4.39 Å². The molecule has 1 N–H and O–H groups in total. The van der Waals surface area contributed by atoms with E-state index in [-0.39, 0.29) is 11.5 Å². The monoisotopic (exact) mass is 303 g/mol. The zero-order valence-corrected chi connectivity index (χ0v) is 12.6. The van der Waals surface area contributed by atoms with Crippen molar-refractivity contribution in [2.75, 3.05) is 20.8 Å². The molecule has 2 rings (SSSR count). The molecule has 4 nitrogen and oxygen atoms in total. The first kappa shape index (κ1) is 15.8. The lowest BCUT2D eigenvalue weighted by molar-refractivity contribution is 0.0950. The van der Waals surface area contributed by atoms with Crippen LogP contribution in [0.3, 0.4) is 0 Å². The summed E-state index contributed by atoms with van der Waals surface area (Å²) in [6.45, 7) is 0.449. The fourth-order valence-electron chi connectivity index (χ4n) is 2.07. The average molecular weight is 303 g/mol. The molecule has 0 atom stereocenters. The number of hydrogen-bond acceptors (Lipinski definition) is 3. The highest BCUT2D eigenvalue weighted by atomic mass is 19.1. The molecule has 2 aromatic carbocycles. The van der Waals surface area contributed by atoms with E-state index in [1.54, 1.807) is 7.11 Å². The summed E-state index contributed by atoms with van der Waals surface area (Å²) in [4.78, 5) is 12.1. The first-order chi connectivity index (χ1) is 10.6. The number of hydrogen-bond donors (Lipinski definition) is 1. The van der Waals surface area contributed by atoms with Gasteiger partial charge in [0, 0.05) is 6.54 Å². The molecule has 0 aliphatic rings. The fourth-order valence-corrected chi connectivity index (χ4v) is 2.07. The van der Waals surface area contributed by atoms with Gasteiger partial charge in [-0.25, -0.2) is 4.39 Å². The molecule has 0 aliphatic carbocycles. The highest BCUT2D eigenvalue weighted by Gasteiger charge is 2.12. The number of carbonyl (C=O) groups is 1. The molecule has 0 fully saturated rings. The Hall–Kier alpha value is -2.56. The Bertz CT molecular complexity index is 641. The second-order valence-electron chi connectivity index (χ2n) is 4.70. The normalized spacial score (nSPS) is 10.1. The largest absolute Gasteiger partial charge is 0.497 e. The van der Waals surface area contributed by atoms with Gasteiger partial charge in [-0.15, -0.1) is 0 Å². The van der Waals surface area contributed by atoms with Gasteiger partial charge in [-0.3, -0.25) is 4.79 Å². The minimum Gasteiger partial charge on any atom is -0.497 e. The Morgan fingerprint density at radius 3 is 2.45 bits per heavy atom. The van der Waals surface area contributed by atoms with Crippen LogP contribution in [0, 0.1) is 5.82 Å². The van der Waals surface area contributed by atoms with Crippen molar-refractivity contribution < 1.29 is 18.7 Å². The van der Waals surface area contributed by atoms with Crippen molar-refractivity contribution in [3.8, 4) is 11.5 Å². The second kappa shape index (κ2) is 7.45. The summed E-state index contributed by atoms with van der Waals surface area (Å²) in [6.07, 6.45) is 0.674. The maximum absolute atomic E-state index is 13.3. The van der Waals surface area contributed by atoms with Crippen LogP contribution in [0.2, 0.25) is 0 Å². The molecule has 1 amide bonds. The summed E-state index contributed by atoms with van der Waals surface area (Å²) in [7, 11) is 3.06. The Balaban J connectivity index is 1.93. The van der Waals surface area contributed by atoms with E-state index in [1.165, 1.54) is 25.3 Å². The Morgan fingerprint density at radius 2 is 1.82 bits per heavy atom. The SMILES string of the molecule is COc1ccc(CCNC(=O)c2cc(F)ccc2OC)cc1. The van der Waals surface area contributed by atoms with Crippen molar-refractivity contribution in [1.29, 1.82) is 0 Å². The van der Waals surface area contributed by atoms with Crippen LogP contribution < -0.4 is 14.8 Å². The van der Waals surface area contributed by atoms with Crippen molar-refractivity contribution in [2.45, 2.75) is 6.42 Å². The maximum Gasteiger partial charge on any atom is 0.255 e. The van der Waals surface area contributed by atoms with Gasteiger partial charge in [0.2, 0.25) is 0 Å². The predicted octanol–water partition coefficient (Wildman–Crippen LogP) is 2.82. The molecule has 0 heterocycles. The minimum absolute atomic E-state index is 0.192. The highest BCUT2D eigenvalue weighted by Crippen LogP contribution is 2.19. The molecular formula is C17H18FNO3. The van der Waals surface area contributed by atoms with E-state index in [0.717, 1.165) is 11.3 Å². The lowest BCUT2D eigenvalue weighted by atomic mass is 10.1. The Kier molecular flexibility index (Phi) is 5.36. The Labute approximate surface area is 128 Å². The number of carbonyl (C=O) groups excluding carboxylic acids is 1. The topological polar surface area (TPSA) is 47.6 Å². The van der Waals surface area contributed by atoms with Gasteiger partial charge < -0.3 is 14.8 Å². The number of rotatable bonds is 6. The van der Waals surface area contributed by atoms with E-state index < -0.39 is 5.82 Å². The third kappa shape index (κ3) is 3.97. The molecule has 0 radical (unpaired) electrons. The molecule has 116 valence electrons. The van der Waals surface area contributed by atoms with E-state index in [4.69, 9.17) is 9.47 Å². The van der Waals surface area contributed by atoms with E-state index in [1.807, 2.05) is 24.3 Å². The fraction of sp³-hybridized carbons (Fsp3) is 0.235. The molecule has 0 aromatic heterocycles. The maximum atomic E-state index is 13.3. The zero-order valence-electron chi connectivity index (χ0n) is 12.6. The molecule has 0 spiro atoms. The van der Waals surface area contributed by atoms with E-state index >= 15 is 0 Å². The predicted molar refractivity (Wildman–Crippen MR) is 82.0 cm³/mol. The molecule has 0 aliphatic heterocycles. The molecule has 0 saturated heterocycles. The van der Waals surface area contributed by atoms with Gasteiger partial charge in [-0.05, 0) is 42.3 Å². The molecule has 0 unspecified atom stereocenters. The van der Waals surface area contributed by atoms with Gasteiger partial charge in [0.1, 0.15) is 17.3 Å². The molecule has 22 heavy (non-hydrogen) atoms. The van der Waals surface area contributed by atoms with Gasteiger partial charge in [-0.2, -0.15) is 0 Å².